The molecule has 0 unspecified atom stereocenters. The minimum atomic E-state index is 0.0856. The fraction of sp³-hybridized carbons (Fsp3) is 0.444. The summed E-state index contributed by atoms with van der Waals surface area (Å²) in [6, 6.07) is 8.46. The van der Waals surface area contributed by atoms with Gasteiger partial charge in [-0.1, -0.05) is 35.8 Å². The number of hydrogen-bond donors (Lipinski definition) is 2. The Hall–Kier alpha value is -1.66. The maximum atomic E-state index is 9.04. The first-order valence-electron chi connectivity index (χ1n) is 8.33. The van der Waals surface area contributed by atoms with Crippen LogP contribution in [0.25, 0.3) is 0 Å². The highest BCUT2D eigenvalue weighted by molar-refractivity contribution is 9.10. The van der Waals surface area contributed by atoms with Crippen LogP contribution in [-0.4, -0.2) is 34.8 Å². The van der Waals surface area contributed by atoms with Crippen molar-refractivity contribution in [2.45, 2.75) is 32.7 Å². The van der Waals surface area contributed by atoms with Gasteiger partial charge in [-0.05, 0) is 29.7 Å². The molecule has 1 aliphatic heterocycles. The monoisotopic (exact) mass is 390 g/mol. The van der Waals surface area contributed by atoms with Crippen molar-refractivity contribution >= 4 is 27.6 Å². The summed E-state index contributed by atoms with van der Waals surface area (Å²) < 4.78 is 1.13. The van der Waals surface area contributed by atoms with Gasteiger partial charge in [-0.2, -0.15) is 0 Å². The third kappa shape index (κ3) is 3.87. The Kier molecular flexibility index (Phi) is 5.36. The summed E-state index contributed by atoms with van der Waals surface area (Å²) in [6.45, 7) is 6.57. The van der Waals surface area contributed by atoms with Gasteiger partial charge in [0.15, 0.2) is 0 Å². The molecule has 0 aliphatic carbocycles. The first-order chi connectivity index (χ1) is 11.6. The molecule has 2 N–H and O–H groups in total. The van der Waals surface area contributed by atoms with E-state index in [1.165, 1.54) is 11.1 Å². The molecule has 0 saturated heterocycles. The maximum absolute atomic E-state index is 9.04. The zero-order chi connectivity index (χ0) is 17.1. The molecular weight excluding hydrogens is 368 g/mol. The van der Waals surface area contributed by atoms with Gasteiger partial charge in [0.2, 0.25) is 0 Å². The van der Waals surface area contributed by atoms with E-state index in [0.717, 1.165) is 41.4 Å². The fourth-order valence-electron chi connectivity index (χ4n) is 2.86. The van der Waals surface area contributed by atoms with Crippen LogP contribution in [0, 0.1) is 0 Å². The largest absolute Gasteiger partial charge is 0.395 e. The number of aliphatic hydroxyl groups excluding tert-OH is 1. The van der Waals surface area contributed by atoms with Crippen LogP contribution in [0.15, 0.2) is 28.7 Å². The molecule has 1 aliphatic rings. The Balaban J connectivity index is 1.88. The van der Waals surface area contributed by atoms with Crippen LogP contribution in [0.5, 0.6) is 0 Å². The number of benzene rings is 1. The minimum absolute atomic E-state index is 0.0856. The van der Waals surface area contributed by atoms with E-state index in [2.05, 4.69) is 63.2 Å². The predicted molar refractivity (Wildman–Crippen MR) is 101 cm³/mol. The molecular formula is C18H23BrN4O. The summed E-state index contributed by atoms with van der Waals surface area (Å²) >= 11 is 3.55. The highest BCUT2D eigenvalue weighted by Crippen LogP contribution is 2.27. The van der Waals surface area contributed by atoms with E-state index < -0.39 is 0 Å². The molecule has 0 atom stereocenters. The Morgan fingerprint density at radius 2 is 2.08 bits per heavy atom. The lowest BCUT2D eigenvalue weighted by molar-refractivity contribution is 0.311. The average Bonchev–Trinajstić information content (AvgIpc) is 2.59. The average molecular weight is 391 g/mol. The van der Waals surface area contributed by atoms with Gasteiger partial charge in [-0.3, -0.25) is 0 Å². The number of halogens is 1. The normalized spacial score (nSPS) is 14.0. The van der Waals surface area contributed by atoms with E-state index in [-0.39, 0.29) is 12.5 Å². The number of aromatic nitrogens is 2. The van der Waals surface area contributed by atoms with Crippen LogP contribution in [-0.2, 0) is 13.0 Å². The van der Waals surface area contributed by atoms with E-state index in [9.17, 15) is 0 Å². The van der Waals surface area contributed by atoms with Crippen LogP contribution < -0.4 is 10.2 Å². The molecule has 0 spiro atoms. The van der Waals surface area contributed by atoms with Crippen molar-refractivity contribution in [3.05, 3.63) is 45.7 Å². The second-order valence-electron chi connectivity index (χ2n) is 6.36. The van der Waals surface area contributed by atoms with Crippen LogP contribution in [0.4, 0.5) is 11.6 Å². The van der Waals surface area contributed by atoms with Crippen molar-refractivity contribution in [3.63, 3.8) is 0 Å². The molecule has 2 heterocycles. The van der Waals surface area contributed by atoms with Crippen LogP contribution >= 0.6 is 15.9 Å². The minimum Gasteiger partial charge on any atom is -0.395 e. The molecule has 0 saturated carbocycles. The van der Waals surface area contributed by atoms with Crippen molar-refractivity contribution < 1.29 is 5.11 Å². The van der Waals surface area contributed by atoms with Crippen LogP contribution in [0.2, 0.25) is 0 Å². The summed E-state index contributed by atoms with van der Waals surface area (Å²) in [5, 5.41) is 12.2. The second-order valence-corrected chi connectivity index (χ2v) is 7.27. The van der Waals surface area contributed by atoms with E-state index >= 15 is 0 Å². The molecule has 1 aromatic carbocycles. The van der Waals surface area contributed by atoms with Crippen LogP contribution in [0.1, 0.15) is 36.7 Å². The van der Waals surface area contributed by atoms with E-state index in [0.29, 0.717) is 6.54 Å². The highest BCUT2D eigenvalue weighted by atomic mass is 79.9. The zero-order valence-corrected chi connectivity index (χ0v) is 15.7. The Bertz CT molecular complexity index is 720. The topological polar surface area (TPSA) is 61.3 Å². The summed E-state index contributed by atoms with van der Waals surface area (Å²) in [6.07, 6.45) is 1.01. The van der Waals surface area contributed by atoms with Gasteiger partial charge in [0.1, 0.15) is 17.5 Å². The molecule has 128 valence electrons. The number of aliphatic hydroxyl groups is 1. The fourth-order valence-corrected chi connectivity index (χ4v) is 3.27. The Morgan fingerprint density at radius 3 is 2.83 bits per heavy atom. The van der Waals surface area contributed by atoms with Crippen LogP contribution in [0.3, 0.4) is 0 Å². The lowest BCUT2D eigenvalue weighted by atomic mass is 10.00. The molecule has 5 nitrogen and oxygen atoms in total. The standard InChI is InChI=1S/C18H23BrN4O/c1-12(2)18-21-16(20-6-8-24)10-17(22-18)23-7-5-13-9-15(19)4-3-14(13)11-23/h3-4,9-10,12,24H,5-8,11H2,1-2H3,(H,20,21,22). The van der Waals surface area contributed by atoms with Crippen molar-refractivity contribution in [2.24, 2.45) is 0 Å². The molecule has 2 aromatic rings. The first kappa shape index (κ1) is 17.2. The first-order valence-corrected chi connectivity index (χ1v) is 9.12. The molecule has 6 heteroatoms. The molecule has 0 amide bonds. The molecule has 0 radical (unpaired) electrons. The number of anilines is 2. The van der Waals surface area contributed by atoms with Crippen molar-refractivity contribution in [1.29, 1.82) is 0 Å². The van der Waals surface area contributed by atoms with Gasteiger partial charge in [0, 0.05) is 36.1 Å². The Labute approximate surface area is 151 Å². The Morgan fingerprint density at radius 1 is 1.25 bits per heavy atom. The molecule has 0 fully saturated rings. The maximum Gasteiger partial charge on any atom is 0.135 e. The van der Waals surface area contributed by atoms with Gasteiger partial charge < -0.3 is 15.3 Å². The lowest BCUT2D eigenvalue weighted by Gasteiger charge is -2.30. The molecule has 24 heavy (non-hydrogen) atoms. The van der Waals surface area contributed by atoms with E-state index in [4.69, 9.17) is 10.1 Å². The molecule has 3 rings (SSSR count). The highest BCUT2D eigenvalue weighted by Gasteiger charge is 2.19. The predicted octanol–water partition coefficient (Wildman–Crippen LogP) is 3.33. The number of rotatable bonds is 5. The summed E-state index contributed by atoms with van der Waals surface area (Å²) in [5.74, 6) is 2.81. The summed E-state index contributed by atoms with van der Waals surface area (Å²) in [4.78, 5) is 11.6. The zero-order valence-electron chi connectivity index (χ0n) is 14.1. The number of fused-ring (bicyclic) bond motifs is 1. The lowest BCUT2D eigenvalue weighted by Crippen LogP contribution is -2.31. The van der Waals surface area contributed by atoms with E-state index in [1.54, 1.807) is 0 Å². The SMILES string of the molecule is CC(C)c1nc(NCCO)cc(N2CCc3cc(Br)ccc3C2)n1. The van der Waals surface area contributed by atoms with Crippen molar-refractivity contribution in [2.75, 3.05) is 29.9 Å². The number of nitrogens with one attached hydrogen (secondary N) is 1. The second kappa shape index (κ2) is 7.49. The summed E-state index contributed by atoms with van der Waals surface area (Å²) in [7, 11) is 0. The van der Waals surface area contributed by atoms with Crippen molar-refractivity contribution in [3.8, 4) is 0 Å². The third-order valence-electron chi connectivity index (χ3n) is 4.17. The van der Waals surface area contributed by atoms with Gasteiger partial charge in [-0.15, -0.1) is 0 Å². The number of hydrogen-bond acceptors (Lipinski definition) is 5. The van der Waals surface area contributed by atoms with Gasteiger partial charge in [0.25, 0.3) is 0 Å². The molecule has 1 aromatic heterocycles. The molecule has 0 bridgehead atoms. The smallest absolute Gasteiger partial charge is 0.135 e. The summed E-state index contributed by atoms with van der Waals surface area (Å²) in [5.41, 5.74) is 2.75. The van der Waals surface area contributed by atoms with E-state index in [1.807, 2.05) is 6.07 Å². The van der Waals surface area contributed by atoms with Gasteiger partial charge in [-0.25, -0.2) is 9.97 Å². The number of nitrogens with zero attached hydrogens (tertiary/aromatic N) is 3. The van der Waals surface area contributed by atoms with Gasteiger partial charge in [0.05, 0.1) is 6.61 Å². The van der Waals surface area contributed by atoms with Gasteiger partial charge >= 0.3 is 0 Å². The third-order valence-corrected chi connectivity index (χ3v) is 4.66. The quantitative estimate of drug-likeness (QED) is 0.819. The van der Waals surface area contributed by atoms with Crippen molar-refractivity contribution in [1.82, 2.24) is 9.97 Å².